The molecule has 0 unspecified atom stereocenters. The monoisotopic (exact) mass is 164 g/mol. The zero-order valence-corrected chi connectivity index (χ0v) is 6.23. The molecule has 0 aromatic heterocycles. The Morgan fingerprint density at radius 2 is 2.18 bits per heavy atom. The first-order chi connectivity index (χ1) is 5.03. The number of rotatable bonds is 2. The highest BCUT2D eigenvalue weighted by molar-refractivity contribution is 5.77. The minimum atomic E-state index is -2.58. The van der Waals surface area contributed by atoms with E-state index in [2.05, 4.69) is 5.32 Å². The lowest BCUT2D eigenvalue weighted by atomic mass is 10.1. The second-order valence-corrected chi connectivity index (χ2v) is 2.67. The van der Waals surface area contributed by atoms with E-state index < -0.39 is 5.92 Å². The molecule has 0 atom stereocenters. The molecule has 1 amide bonds. The molecular formula is C6H10F2N2O. The number of hydrogen-bond acceptors (Lipinski definition) is 2. The highest BCUT2D eigenvalue weighted by atomic mass is 19.3. The van der Waals surface area contributed by atoms with E-state index in [1.54, 1.807) is 0 Å². The summed E-state index contributed by atoms with van der Waals surface area (Å²) in [6, 6.07) is 0. The third-order valence-electron chi connectivity index (χ3n) is 1.56. The molecule has 1 rings (SSSR count). The topological polar surface area (TPSA) is 32.3 Å². The molecule has 0 spiro atoms. The van der Waals surface area contributed by atoms with Gasteiger partial charge < -0.3 is 5.32 Å². The van der Waals surface area contributed by atoms with Crippen molar-refractivity contribution >= 4 is 5.91 Å². The second kappa shape index (κ2) is 2.73. The maximum absolute atomic E-state index is 12.2. The Bertz CT molecular complexity index is 164. The molecule has 64 valence electrons. The average molecular weight is 164 g/mol. The lowest BCUT2D eigenvalue weighted by Gasteiger charge is -2.37. The number of halogens is 2. The van der Waals surface area contributed by atoms with Crippen molar-refractivity contribution in [2.45, 2.75) is 5.92 Å². The number of nitrogens with zero attached hydrogens (tertiary/aromatic N) is 1. The number of nitrogens with one attached hydrogen (secondary N) is 1. The van der Waals surface area contributed by atoms with E-state index in [4.69, 9.17) is 0 Å². The highest BCUT2D eigenvalue weighted by Crippen LogP contribution is 2.25. The maximum Gasteiger partial charge on any atom is 0.272 e. The zero-order chi connectivity index (χ0) is 8.48. The zero-order valence-electron chi connectivity index (χ0n) is 6.23. The number of likely N-dealkylation sites (N-methyl/N-ethyl adjacent to an activating group) is 1. The molecule has 5 heteroatoms. The number of amides is 1. The first-order valence-corrected chi connectivity index (χ1v) is 3.34. The summed E-state index contributed by atoms with van der Waals surface area (Å²) in [7, 11) is 1.49. The van der Waals surface area contributed by atoms with Gasteiger partial charge >= 0.3 is 0 Å². The van der Waals surface area contributed by atoms with E-state index >= 15 is 0 Å². The van der Waals surface area contributed by atoms with Gasteiger partial charge in [-0.15, -0.1) is 0 Å². The summed E-state index contributed by atoms with van der Waals surface area (Å²) in [5.74, 6) is -2.80. The molecule has 0 aliphatic carbocycles. The molecule has 1 saturated heterocycles. The van der Waals surface area contributed by atoms with E-state index in [0.29, 0.717) is 0 Å². The van der Waals surface area contributed by atoms with Crippen molar-refractivity contribution in [3.63, 3.8) is 0 Å². The van der Waals surface area contributed by atoms with E-state index in [-0.39, 0.29) is 25.5 Å². The van der Waals surface area contributed by atoms with Crippen LogP contribution in [0.4, 0.5) is 8.78 Å². The van der Waals surface area contributed by atoms with Crippen LogP contribution in [0.1, 0.15) is 0 Å². The van der Waals surface area contributed by atoms with Crippen molar-refractivity contribution in [3.05, 3.63) is 0 Å². The van der Waals surface area contributed by atoms with Crippen LogP contribution in [-0.4, -0.2) is 43.4 Å². The summed E-state index contributed by atoms with van der Waals surface area (Å²) in [5, 5.41) is 2.37. The van der Waals surface area contributed by atoms with Crippen molar-refractivity contribution in [3.8, 4) is 0 Å². The lowest BCUT2D eigenvalue weighted by Crippen LogP contribution is -2.58. The minimum Gasteiger partial charge on any atom is -0.358 e. The molecule has 0 bridgehead atoms. The predicted molar refractivity (Wildman–Crippen MR) is 35.5 cm³/mol. The summed E-state index contributed by atoms with van der Waals surface area (Å²) >= 11 is 0. The summed E-state index contributed by atoms with van der Waals surface area (Å²) < 4.78 is 24.3. The van der Waals surface area contributed by atoms with Crippen molar-refractivity contribution < 1.29 is 13.6 Å². The van der Waals surface area contributed by atoms with Crippen molar-refractivity contribution in [1.29, 1.82) is 0 Å². The van der Waals surface area contributed by atoms with Crippen LogP contribution in [0.3, 0.4) is 0 Å². The fourth-order valence-electron chi connectivity index (χ4n) is 1.00. The fourth-order valence-corrected chi connectivity index (χ4v) is 1.00. The molecular weight excluding hydrogens is 154 g/mol. The van der Waals surface area contributed by atoms with Gasteiger partial charge in [-0.3, -0.25) is 9.69 Å². The standard InChI is InChI=1S/C6H10F2N2O/c1-9-5(11)2-10-3-6(7,8)4-10/h2-4H2,1H3,(H,9,11). The largest absolute Gasteiger partial charge is 0.358 e. The molecule has 11 heavy (non-hydrogen) atoms. The van der Waals surface area contributed by atoms with Gasteiger partial charge in [0.25, 0.3) is 5.92 Å². The van der Waals surface area contributed by atoms with Gasteiger partial charge in [0.05, 0.1) is 19.6 Å². The maximum atomic E-state index is 12.2. The van der Waals surface area contributed by atoms with Crippen LogP contribution in [0.15, 0.2) is 0 Å². The molecule has 0 aromatic carbocycles. The number of likely N-dealkylation sites (tertiary alicyclic amines) is 1. The SMILES string of the molecule is CNC(=O)CN1CC(F)(F)C1. The number of hydrogen-bond donors (Lipinski definition) is 1. The Hall–Kier alpha value is -0.710. The number of carbonyl (C=O) groups is 1. The Labute approximate surface area is 63.4 Å². The summed E-state index contributed by atoms with van der Waals surface area (Å²) in [5.41, 5.74) is 0. The molecule has 1 fully saturated rings. The molecule has 1 aliphatic rings. The van der Waals surface area contributed by atoms with Crippen molar-refractivity contribution in [1.82, 2.24) is 10.2 Å². The number of alkyl halides is 2. The third kappa shape index (κ3) is 2.11. The van der Waals surface area contributed by atoms with Crippen LogP contribution in [0.2, 0.25) is 0 Å². The second-order valence-electron chi connectivity index (χ2n) is 2.67. The van der Waals surface area contributed by atoms with Gasteiger partial charge in [0, 0.05) is 7.05 Å². The van der Waals surface area contributed by atoms with Crippen LogP contribution < -0.4 is 5.32 Å². The Morgan fingerprint density at radius 1 is 1.64 bits per heavy atom. The normalized spacial score (nSPS) is 22.5. The lowest BCUT2D eigenvalue weighted by molar-refractivity contribution is -0.143. The van der Waals surface area contributed by atoms with E-state index in [9.17, 15) is 13.6 Å². The molecule has 0 saturated carbocycles. The van der Waals surface area contributed by atoms with Gasteiger partial charge in [-0.1, -0.05) is 0 Å². The highest BCUT2D eigenvalue weighted by Gasteiger charge is 2.43. The van der Waals surface area contributed by atoms with E-state index in [0.717, 1.165) is 0 Å². The fraction of sp³-hybridized carbons (Fsp3) is 0.833. The quantitative estimate of drug-likeness (QED) is 0.606. The van der Waals surface area contributed by atoms with Gasteiger partial charge in [0.2, 0.25) is 5.91 Å². The van der Waals surface area contributed by atoms with Crippen LogP contribution in [-0.2, 0) is 4.79 Å². The van der Waals surface area contributed by atoms with Gasteiger partial charge in [-0.05, 0) is 0 Å². The Morgan fingerprint density at radius 3 is 2.55 bits per heavy atom. The third-order valence-corrected chi connectivity index (χ3v) is 1.56. The molecule has 3 nitrogen and oxygen atoms in total. The predicted octanol–water partition coefficient (Wildman–Crippen LogP) is -0.317. The summed E-state index contributed by atoms with van der Waals surface area (Å²) in [4.78, 5) is 12.0. The van der Waals surface area contributed by atoms with Crippen molar-refractivity contribution in [2.24, 2.45) is 0 Å². The number of carbonyl (C=O) groups excluding carboxylic acids is 1. The molecule has 1 aliphatic heterocycles. The van der Waals surface area contributed by atoms with Crippen LogP contribution in [0.5, 0.6) is 0 Å². The van der Waals surface area contributed by atoms with Gasteiger partial charge in [-0.2, -0.15) is 0 Å². The van der Waals surface area contributed by atoms with Gasteiger partial charge in [0.1, 0.15) is 0 Å². The van der Waals surface area contributed by atoms with E-state index in [1.807, 2.05) is 0 Å². The molecule has 0 radical (unpaired) electrons. The van der Waals surface area contributed by atoms with Crippen LogP contribution >= 0.6 is 0 Å². The van der Waals surface area contributed by atoms with Gasteiger partial charge in [0.15, 0.2) is 0 Å². The summed E-state index contributed by atoms with van der Waals surface area (Å²) in [6.45, 7) is -0.507. The van der Waals surface area contributed by atoms with Crippen LogP contribution in [0, 0.1) is 0 Å². The van der Waals surface area contributed by atoms with Gasteiger partial charge in [-0.25, -0.2) is 8.78 Å². The van der Waals surface area contributed by atoms with Crippen molar-refractivity contribution in [2.75, 3.05) is 26.7 Å². The molecule has 1 heterocycles. The summed E-state index contributed by atoms with van der Waals surface area (Å²) in [6.07, 6.45) is 0. The Balaban J connectivity index is 2.19. The molecule has 1 N–H and O–H groups in total. The first kappa shape index (κ1) is 8.39. The average Bonchev–Trinajstić information content (AvgIpc) is 1.83. The first-order valence-electron chi connectivity index (χ1n) is 3.34. The van der Waals surface area contributed by atoms with Crippen LogP contribution in [0.25, 0.3) is 0 Å². The smallest absolute Gasteiger partial charge is 0.272 e. The minimum absolute atomic E-state index is 0.0755. The van der Waals surface area contributed by atoms with E-state index in [1.165, 1.54) is 11.9 Å². The molecule has 0 aromatic rings. The Kier molecular flexibility index (Phi) is 2.08.